The van der Waals surface area contributed by atoms with Crippen LogP contribution < -0.4 is 0 Å². The van der Waals surface area contributed by atoms with Crippen molar-refractivity contribution in [1.82, 2.24) is 4.31 Å². The van der Waals surface area contributed by atoms with Crippen LogP contribution in [0.25, 0.3) is 0 Å². The molecule has 0 spiro atoms. The number of sulfonamides is 1. The molecule has 5 nitrogen and oxygen atoms in total. The first kappa shape index (κ1) is 15.9. The second-order valence-corrected chi connectivity index (χ2v) is 7.71. The highest BCUT2D eigenvalue weighted by molar-refractivity contribution is 7.89. The molecular weight excluding hydrogens is 302 g/mol. The first-order valence-corrected chi connectivity index (χ1v) is 9.37. The van der Waals surface area contributed by atoms with Gasteiger partial charge in [-0.2, -0.15) is 4.31 Å². The monoisotopic (exact) mass is 325 g/mol. The number of rotatable bonds is 5. The average molecular weight is 325 g/mol. The average Bonchev–Trinajstić information content (AvgIpc) is 2.97. The quantitative estimate of drug-likeness (QED) is 0.831. The second-order valence-electron chi connectivity index (χ2n) is 5.82. The van der Waals surface area contributed by atoms with Crippen LogP contribution in [0.1, 0.15) is 26.2 Å². The van der Waals surface area contributed by atoms with Gasteiger partial charge < -0.3 is 9.47 Å². The van der Waals surface area contributed by atoms with E-state index < -0.39 is 10.0 Å². The van der Waals surface area contributed by atoms with E-state index in [1.807, 2.05) is 13.0 Å². The fourth-order valence-corrected chi connectivity index (χ4v) is 5.07. The molecule has 0 N–H and O–H groups in total. The van der Waals surface area contributed by atoms with E-state index in [9.17, 15) is 8.42 Å². The lowest BCUT2D eigenvalue weighted by molar-refractivity contribution is -0.0923. The summed E-state index contributed by atoms with van der Waals surface area (Å²) in [5.41, 5.74) is 0. The van der Waals surface area contributed by atoms with Crippen LogP contribution in [0.2, 0.25) is 0 Å². The largest absolute Gasteiger partial charge is 0.379 e. The molecule has 1 aromatic rings. The summed E-state index contributed by atoms with van der Waals surface area (Å²) in [5, 5.41) is 0. The summed E-state index contributed by atoms with van der Waals surface area (Å²) in [6.07, 6.45) is 2.55. The van der Waals surface area contributed by atoms with Crippen molar-refractivity contribution in [2.75, 3.05) is 19.8 Å². The molecule has 0 aromatic heterocycles. The molecule has 0 radical (unpaired) electrons. The molecule has 0 bridgehead atoms. The van der Waals surface area contributed by atoms with Crippen molar-refractivity contribution in [1.29, 1.82) is 0 Å². The molecule has 0 unspecified atom stereocenters. The van der Waals surface area contributed by atoms with Gasteiger partial charge in [0.1, 0.15) is 0 Å². The van der Waals surface area contributed by atoms with E-state index >= 15 is 0 Å². The molecule has 0 saturated carbocycles. The third-order valence-electron chi connectivity index (χ3n) is 4.44. The van der Waals surface area contributed by atoms with Crippen molar-refractivity contribution in [3.8, 4) is 0 Å². The molecule has 122 valence electrons. The molecule has 6 heteroatoms. The topological polar surface area (TPSA) is 55.8 Å². The molecule has 2 aliphatic heterocycles. The van der Waals surface area contributed by atoms with Crippen LogP contribution in [0.3, 0.4) is 0 Å². The zero-order valence-electron chi connectivity index (χ0n) is 12.8. The Hall–Kier alpha value is -0.950. The Kier molecular flexibility index (Phi) is 4.82. The van der Waals surface area contributed by atoms with Crippen LogP contribution in [0.5, 0.6) is 0 Å². The Labute approximate surface area is 132 Å². The first-order valence-electron chi connectivity index (χ1n) is 7.93. The summed E-state index contributed by atoms with van der Waals surface area (Å²) in [5.74, 6) is 0. The van der Waals surface area contributed by atoms with Gasteiger partial charge in [-0.25, -0.2) is 8.42 Å². The van der Waals surface area contributed by atoms with Crippen LogP contribution in [0, 0.1) is 0 Å². The standard InChI is InChI=1S/C16H23NO4S/c1-2-20-12-13-8-9-15-16(21-13)10-11-17(15)22(18,19)14-6-4-3-5-7-14/h3-7,13,15-16H,2,8-12H2,1H3/t13-,15-,16-/m0/s1. The molecule has 3 atom stereocenters. The van der Waals surface area contributed by atoms with E-state index in [0.717, 1.165) is 19.3 Å². The van der Waals surface area contributed by atoms with Crippen LogP contribution in [-0.2, 0) is 19.5 Å². The summed E-state index contributed by atoms with van der Waals surface area (Å²) < 4.78 is 38.7. The molecule has 22 heavy (non-hydrogen) atoms. The summed E-state index contributed by atoms with van der Waals surface area (Å²) in [4.78, 5) is 0.368. The van der Waals surface area contributed by atoms with Gasteiger partial charge in [0, 0.05) is 13.2 Å². The lowest BCUT2D eigenvalue weighted by atomic mass is 10.0. The second kappa shape index (κ2) is 6.66. The number of hydrogen-bond donors (Lipinski definition) is 0. The highest BCUT2D eigenvalue weighted by Gasteiger charge is 2.45. The molecule has 2 saturated heterocycles. The highest BCUT2D eigenvalue weighted by Crippen LogP contribution is 2.35. The minimum absolute atomic E-state index is 0.00214. The van der Waals surface area contributed by atoms with Crippen molar-refractivity contribution >= 4 is 10.0 Å². The maximum atomic E-state index is 12.8. The number of ether oxygens (including phenoxy) is 2. The van der Waals surface area contributed by atoms with Gasteiger partial charge in [-0.05, 0) is 38.3 Å². The van der Waals surface area contributed by atoms with Gasteiger partial charge in [0.25, 0.3) is 0 Å². The van der Waals surface area contributed by atoms with Gasteiger partial charge >= 0.3 is 0 Å². The molecular formula is C16H23NO4S. The van der Waals surface area contributed by atoms with Crippen molar-refractivity contribution in [2.24, 2.45) is 0 Å². The van der Waals surface area contributed by atoms with Crippen LogP contribution in [0.4, 0.5) is 0 Å². The zero-order valence-corrected chi connectivity index (χ0v) is 13.7. The molecule has 3 rings (SSSR count). The van der Waals surface area contributed by atoms with E-state index in [4.69, 9.17) is 9.47 Å². The van der Waals surface area contributed by atoms with Gasteiger partial charge in [-0.15, -0.1) is 0 Å². The lowest BCUT2D eigenvalue weighted by Crippen LogP contribution is -2.45. The molecule has 2 heterocycles. The minimum atomic E-state index is -3.42. The van der Waals surface area contributed by atoms with Gasteiger partial charge in [-0.3, -0.25) is 0 Å². The lowest BCUT2D eigenvalue weighted by Gasteiger charge is -2.35. The van der Waals surface area contributed by atoms with E-state index in [1.54, 1.807) is 28.6 Å². The number of benzene rings is 1. The van der Waals surface area contributed by atoms with Crippen molar-refractivity contribution in [2.45, 2.75) is 49.3 Å². The van der Waals surface area contributed by atoms with Gasteiger partial charge in [0.05, 0.1) is 29.8 Å². The maximum absolute atomic E-state index is 12.8. The van der Waals surface area contributed by atoms with E-state index in [2.05, 4.69) is 0 Å². The van der Waals surface area contributed by atoms with Crippen molar-refractivity contribution < 1.29 is 17.9 Å². The molecule has 0 amide bonds. The predicted molar refractivity (Wildman–Crippen MR) is 83.1 cm³/mol. The van der Waals surface area contributed by atoms with Crippen LogP contribution in [0.15, 0.2) is 35.2 Å². The van der Waals surface area contributed by atoms with Gasteiger partial charge in [-0.1, -0.05) is 18.2 Å². The normalized spacial score (nSPS) is 29.4. The van der Waals surface area contributed by atoms with Gasteiger partial charge in [0.2, 0.25) is 10.0 Å². The van der Waals surface area contributed by atoms with Crippen LogP contribution in [-0.4, -0.2) is 50.7 Å². The first-order chi connectivity index (χ1) is 10.6. The summed E-state index contributed by atoms with van der Waals surface area (Å²) >= 11 is 0. The Morgan fingerprint density at radius 3 is 2.73 bits per heavy atom. The predicted octanol–water partition coefficient (Wildman–Crippen LogP) is 2.03. The molecule has 1 aromatic carbocycles. The van der Waals surface area contributed by atoms with E-state index in [-0.39, 0.29) is 18.2 Å². The van der Waals surface area contributed by atoms with E-state index in [0.29, 0.717) is 24.7 Å². The minimum Gasteiger partial charge on any atom is -0.379 e. The zero-order chi connectivity index (χ0) is 15.6. The Morgan fingerprint density at radius 1 is 1.23 bits per heavy atom. The van der Waals surface area contributed by atoms with Crippen molar-refractivity contribution in [3.63, 3.8) is 0 Å². The van der Waals surface area contributed by atoms with E-state index in [1.165, 1.54) is 0 Å². The fraction of sp³-hybridized carbons (Fsp3) is 0.625. The number of nitrogens with zero attached hydrogens (tertiary/aromatic N) is 1. The SMILES string of the molecule is CCOC[C@@H]1CC[C@H]2[C@H](CCN2S(=O)(=O)c2ccccc2)O1. The van der Waals surface area contributed by atoms with Crippen LogP contribution >= 0.6 is 0 Å². The smallest absolute Gasteiger partial charge is 0.243 e. The fourth-order valence-electron chi connectivity index (χ4n) is 3.36. The maximum Gasteiger partial charge on any atom is 0.243 e. The molecule has 2 aliphatic rings. The summed E-state index contributed by atoms with van der Waals surface area (Å²) in [7, 11) is -3.42. The Balaban J connectivity index is 1.71. The molecule has 0 aliphatic carbocycles. The Bertz CT molecular complexity index is 589. The number of hydrogen-bond acceptors (Lipinski definition) is 4. The third kappa shape index (κ3) is 3.06. The van der Waals surface area contributed by atoms with Crippen molar-refractivity contribution in [3.05, 3.63) is 30.3 Å². The Morgan fingerprint density at radius 2 is 2.00 bits per heavy atom. The highest BCUT2D eigenvalue weighted by atomic mass is 32.2. The summed E-state index contributed by atoms with van der Waals surface area (Å²) in [6.45, 7) is 3.79. The summed E-state index contributed by atoms with van der Waals surface area (Å²) in [6, 6.07) is 8.62. The third-order valence-corrected chi connectivity index (χ3v) is 6.38. The number of fused-ring (bicyclic) bond motifs is 1. The molecule has 2 fully saturated rings. The van der Waals surface area contributed by atoms with Gasteiger partial charge in [0.15, 0.2) is 0 Å².